The van der Waals surface area contributed by atoms with E-state index in [1.165, 1.54) is 0 Å². The van der Waals surface area contributed by atoms with Gasteiger partial charge in [0.15, 0.2) is 5.78 Å². The van der Waals surface area contributed by atoms with E-state index in [9.17, 15) is 9.90 Å². The first-order valence-electron chi connectivity index (χ1n) is 6.38. The van der Waals surface area contributed by atoms with E-state index in [0.29, 0.717) is 6.42 Å². The molecule has 0 aromatic carbocycles. The van der Waals surface area contributed by atoms with Crippen LogP contribution >= 0.6 is 0 Å². The molecule has 0 aliphatic rings. The first-order valence-corrected chi connectivity index (χ1v) is 6.38. The Morgan fingerprint density at radius 2 is 2.18 bits per heavy atom. The van der Waals surface area contributed by atoms with Gasteiger partial charge < -0.3 is 5.11 Å². The van der Waals surface area contributed by atoms with E-state index in [0.717, 1.165) is 30.8 Å². The van der Waals surface area contributed by atoms with Crippen LogP contribution in [0, 0.1) is 0 Å². The third kappa shape index (κ3) is 3.66. The van der Waals surface area contributed by atoms with Crippen molar-refractivity contribution in [2.24, 2.45) is 0 Å². The molecule has 0 radical (unpaired) electrons. The van der Waals surface area contributed by atoms with Crippen LogP contribution in [0.1, 0.15) is 45.0 Å². The maximum absolute atomic E-state index is 11.8. The molecule has 0 aliphatic heterocycles. The summed E-state index contributed by atoms with van der Waals surface area (Å²) in [5.41, 5.74) is 1.91. The number of aromatic nitrogens is 2. The van der Waals surface area contributed by atoms with Gasteiger partial charge in [-0.2, -0.15) is 5.10 Å². The van der Waals surface area contributed by atoms with Crippen LogP contribution < -0.4 is 0 Å². The first-order chi connectivity index (χ1) is 8.12. The zero-order chi connectivity index (χ0) is 12.8. The van der Waals surface area contributed by atoms with Crippen LogP contribution in [0.3, 0.4) is 0 Å². The van der Waals surface area contributed by atoms with Gasteiger partial charge in [0.1, 0.15) is 6.10 Å². The van der Waals surface area contributed by atoms with Crippen molar-refractivity contribution < 1.29 is 9.90 Å². The van der Waals surface area contributed by atoms with Crippen molar-refractivity contribution in [1.29, 1.82) is 0 Å². The normalized spacial score (nSPS) is 12.7. The van der Waals surface area contributed by atoms with E-state index in [1.807, 2.05) is 31.5 Å². The number of Topliss-reactive ketones (excluding diaryl/α,β-unsaturated/α-hetero) is 1. The molecule has 0 fully saturated rings. The Morgan fingerprint density at radius 3 is 2.71 bits per heavy atom. The minimum atomic E-state index is -0.828. The highest BCUT2D eigenvalue weighted by atomic mass is 16.3. The van der Waals surface area contributed by atoms with Crippen molar-refractivity contribution in [1.82, 2.24) is 9.78 Å². The third-order valence-corrected chi connectivity index (χ3v) is 2.86. The summed E-state index contributed by atoms with van der Waals surface area (Å²) in [7, 11) is 0. The second-order valence-corrected chi connectivity index (χ2v) is 4.24. The van der Waals surface area contributed by atoms with E-state index in [1.54, 1.807) is 0 Å². The van der Waals surface area contributed by atoms with Crippen LogP contribution in [0.15, 0.2) is 6.07 Å². The summed E-state index contributed by atoms with van der Waals surface area (Å²) in [6, 6.07) is 1.96. The molecule has 0 aliphatic carbocycles. The standard InChI is InChI=1S/C13H22N2O2/c1-4-7-12(16)13(17)9-11-8-10(5-2)14-15(11)6-3/h8,12,16H,4-7,9H2,1-3H3. The largest absolute Gasteiger partial charge is 0.385 e. The molecule has 1 rings (SSSR count). The molecule has 0 spiro atoms. The molecule has 4 nitrogen and oxygen atoms in total. The zero-order valence-corrected chi connectivity index (χ0v) is 10.9. The number of rotatable bonds is 7. The van der Waals surface area contributed by atoms with Crippen molar-refractivity contribution in [3.05, 3.63) is 17.5 Å². The molecule has 96 valence electrons. The summed E-state index contributed by atoms with van der Waals surface area (Å²) in [4.78, 5) is 11.8. The van der Waals surface area contributed by atoms with Crippen LogP contribution in [0.25, 0.3) is 0 Å². The van der Waals surface area contributed by atoms with E-state index < -0.39 is 6.10 Å². The Morgan fingerprint density at radius 1 is 1.47 bits per heavy atom. The van der Waals surface area contributed by atoms with Gasteiger partial charge in [-0.25, -0.2) is 0 Å². The van der Waals surface area contributed by atoms with Gasteiger partial charge >= 0.3 is 0 Å². The van der Waals surface area contributed by atoms with Crippen molar-refractivity contribution in [2.75, 3.05) is 0 Å². The lowest BCUT2D eigenvalue weighted by Gasteiger charge is -2.08. The summed E-state index contributed by atoms with van der Waals surface area (Å²) in [5, 5.41) is 14.0. The molecular weight excluding hydrogens is 216 g/mol. The second-order valence-electron chi connectivity index (χ2n) is 4.24. The molecule has 4 heteroatoms. The van der Waals surface area contributed by atoms with Gasteiger partial charge in [-0.3, -0.25) is 9.48 Å². The molecule has 1 N–H and O–H groups in total. The summed E-state index contributed by atoms with van der Waals surface area (Å²) in [6.45, 7) is 6.76. The van der Waals surface area contributed by atoms with Crippen molar-refractivity contribution in [3.8, 4) is 0 Å². The highest BCUT2D eigenvalue weighted by molar-refractivity contribution is 5.84. The Hall–Kier alpha value is -1.16. The van der Waals surface area contributed by atoms with Crippen molar-refractivity contribution in [3.63, 3.8) is 0 Å². The number of nitrogens with zero attached hydrogens (tertiary/aromatic N) is 2. The summed E-state index contributed by atoms with van der Waals surface area (Å²) < 4.78 is 1.84. The van der Waals surface area contributed by atoms with E-state index in [2.05, 4.69) is 5.10 Å². The van der Waals surface area contributed by atoms with Gasteiger partial charge in [-0.1, -0.05) is 20.3 Å². The number of aliphatic hydroxyl groups is 1. The lowest BCUT2D eigenvalue weighted by atomic mass is 10.1. The highest BCUT2D eigenvalue weighted by Gasteiger charge is 2.17. The molecule has 0 saturated heterocycles. The third-order valence-electron chi connectivity index (χ3n) is 2.86. The SMILES string of the molecule is CCCC(O)C(=O)Cc1cc(CC)nn1CC. The predicted molar refractivity (Wildman–Crippen MR) is 66.9 cm³/mol. The maximum atomic E-state index is 11.8. The number of hydrogen-bond acceptors (Lipinski definition) is 3. The van der Waals surface area contributed by atoms with E-state index >= 15 is 0 Å². The number of aryl methyl sites for hydroxylation is 2. The van der Waals surface area contributed by atoms with Crippen LogP contribution in [-0.4, -0.2) is 26.8 Å². The number of hydrogen-bond donors (Lipinski definition) is 1. The molecule has 1 heterocycles. The van der Waals surface area contributed by atoms with Gasteiger partial charge in [-0.05, 0) is 25.8 Å². The summed E-state index contributed by atoms with van der Waals surface area (Å²) in [5.74, 6) is -0.107. The zero-order valence-electron chi connectivity index (χ0n) is 10.9. The molecule has 1 aromatic rings. The predicted octanol–water partition coefficient (Wildman–Crippen LogP) is 1.74. The summed E-state index contributed by atoms with van der Waals surface area (Å²) >= 11 is 0. The van der Waals surface area contributed by atoms with Gasteiger partial charge in [0, 0.05) is 12.2 Å². The molecular formula is C13H22N2O2. The second kappa shape index (κ2) is 6.55. The monoisotopic (exact) mass is 238 g/mol. The summed E-state index contributed by atoms with van der Waals surface area (Å²) in [6.07, 6.45) is 1.68. The number of carbonyl (C=O) groups is 1. The van der Waals surface area contributed by atoms with Crippen LogP contribution in [0.4, 0.5) is 0 Å². The minimum Gasteiger partial charge on any atom is -0.385 e. The quantitative estimate of drug-likeness (QED) is 0.787. The average Bonchev–Trinajstić information content (AvgIpc) is 2.71. The Kier molecular flexibility index (Phi) is 5.35. The highest BCUT2D eigenvalue weighted by Crippen LogP contribution is 2.09. The smallest absolute Gasteiger partial charge is 0.167 e. The van der Waals surface area contributed by atoms with Gasteiger partial charge in [-0.15, -0.1) is 0 Å². The minimum absolute atomic E-state index is 0.107. The fraction of sp³-hybridized carbons (Fsp3) is 0.692. The lowest BCUT2D eigenvalue weighted by molar-refractivity contribution is -0.126. The van der Waals surface area contributed by atoms with Crippen molar-refractivity contribution in [2.45, 2.75) is 59.1 Å². The van der Waals surface area contributed by atoms with Crippen LogP contribution in [0.2, 0.25) is 0 Å². The molecule has 0 bridgehead atoms. The van der Waals surface area contributed by atoms with Crippen molar-refractivity contribution >= 4 is 5.78 Å². The molecule has 0 amide bonds. The fourth-order valence-corrected chi connectivity index (χ4v) is 1.83. The van der Waals surface area contributed by atoms with Crippen LogP contribution in [-0.2, 0) is 24.2 Å². The molecule has 17 heavy (non-hydrogen) atoms. The first kappa shape index (κ1) is 13.9. The van der Waals surface area contributed by atoms with Gasteiger partial charge in [0.05, 0.1) is 12.1 Å². The number of ketones is 1. The van der Waals surface area contributed by atoms with Gasteiger partial charge in [0.25, 0.3) is 0 Å². The fourth-order valence-electron chi connectivity index (χ4n) is 1.83. The molecule has 1 atom stereocenters. The van der Waals surface area contributed by atoms with Crippen LogP contribution in [0.5, 0.6) is 0 Å². The van der Waals surface area contributed by atoms with E-state index in [4.69, 9.17) is 0 Å². The Balaban J connectivity index is 2.73. The number of aliphatic hydroxyl groups excluding tert-OH is 1. The average molecular weight is 238 g/mol. The van der Waals surface area contributed by atoms with Gasteiger partial charge in [0.2, 0.25) is 0 Å². The number of carbonyl (C=O) groups excluding carboxylic acids is 1. The lowest BCUT2D eigenvalue weighted by Crippen LogP contribution is -2.23. The Labute approximate surface area is 103 Å². The molecule has 1 unspecified atom stereocenters. The molecule has 0 saturated carbocycles. The maximum Gasteiger partial charge on any atom is 0.167 e. The topological polar surface area (TPSA) is 55.1 Å². The van der Waals surface area contributed by atoms with E-state index in [-0.39, 0.29) is 12.2 Å². The Bertz CT molecular complexity index is 371. The molecule has 1 aromatic heterocycles.